The molecule has 1 aliphatic rings. The number of phenolic OH excluding ortho intramolecular Hbond substituents is 1. The Hall–Kier alpha value is -3.45. The molecule has 13 heteroatoms. The number of alkyl halides is 3. The maximum absolute atomic E-state index is 13.2. The Balaban J connectivity index is 1.88. The number of esters is 1. The first-order valence-corrected chi connectivity index (χ1v) is 10.8. The molecule has 1 aliphatic heterocycles. The van der Waals surface area contributed by atoms with Crippen LogP contribution in [0.4, 0.5) is 19.0 Å². The summed E-state index contributed by atoms with van der Waals surface area (Å²) in [5, 5.41) is 24.5. The molecule has 1 aromatic carbocycles. The Labute approximate surface area is 199 Å². The van der Waals surface area contributed by atoms with Crippen molar-refractivity contribution >= 4 is 17.7 Å². The number of amides is 1. The molecule has 3 rings (SSSR count). The van der Waals surface area contributed by atoms with Gasteiger partial charge in [0, 0.05) is 25.3 Å². The highest BCUT2D eigenvalue weighted by molar-refractivity contribution is 5.98. The van der Waals surface area contributed by atoms with Gasteiger partial charge in [-0.2, -0.15) is 13.2 Å². The number of hydrogen-bond acceptors (Lipinski definition) is 9. The number of carbonyl (C=O) groups excluding carboxylic acids is 2. The van der Waals surface area contributed by atoms with Crippen LogP contribution in [-0.4, -0.2) is 59.5 Å². The number of aromatic hydroxyl groups is 1. The van der Waals surface area contributed by atoms with Crippen molar-refractivity contribution in [3.8, 4) is 17.0 Å². The van der Waals surface area contributed by atoms with Gasteiger partial charge >= 0.3 is 12.1 Å². The minimum Gasteiger partial charge on any atom is -0.507 e. The number of rotatable bonds is 8. The van der Waals surface area contributed by atoms with Crippen molar-refractivity contribution < 1.29 is 37.3 Å². The van der Waals surface area contributed by atoms with Crippen molar-refractivity contribution in [3.05, 3.63) is 34.9 Å². The van der Waals surface area contributed by atoms with Gasteiger partial charge in [-0.25, -0.2) is 0 Å². The lowest BCUT2D eigenvalue weighted by molar-refractivity contribution is -0.146. The Morgan fingerprint density at radius 2 is 2.00 bits per heavy atom. The SMILES string of the molecule is CCOC(=O)[C@@H]1CC[C@@H](Nc2nnc(-c3c(O)cc(C(F)(F)F)cc3COC)cc2C(N)=O)CN1. The number of nitrogens with two attached hydrogens (primary N) is 1. The van der Waals surface area contributed by atoms with Crippen LogP contribution in [0, 0.1) is 0 Å². The number of ether oxygens (including phenoxy) is 2. The Kier molecular flexibility index (Phi) is 8.12. The summed E-state index contributed by atoms with van der Waals surface area (Å²) < 4.78 is 49.6. The second-order valence-electron chi connectivity index (χ2n) is 7.95. The van der Waals surface area contributed by atoms with Crippen molar-refractivity contribution in [1.29, 1.82) is 0 Å². The molecular formula is C22H26F3N5O5. The molecule has 2 aromatic rings. The molecule has 0 spiro atoms. The highest BCUT2D eigenvalue weighted by atomic mass is 19.4. The first kappa shape index (κ1) is 26.2. The summed E-state index contributed by atoms with van der Waals surface area (Å²) in [7, 11) is 1.29. The van der Waals surface area contributed by atoms with Crippen LogP contribution in [0.15, 0.2) is 18.2 Å². The van der Waals surface area contributed by atoms with E-state index in [1.807, 2.05) is 0 Å². The van der Waals surface area contributed by atoms with E-state index in [-0.39, 0.29) is 53.4 Å². The van der Waals surface area contributed by atoms with Gasteiger partial charge in [0.25, 0.3) is 5.91 Å². The monoisotopic (exact) mass is 497 g/mol. The number of phenols is 1. The molecule has 1 aromatic heterocycles. The topological polar surface area (TPSA) is 149 Å². The van der Waals surface area contributed by atoms with Crippen molar-refractivity contribution in [2.45, 2.75) is 44.6 Å². The maximum Gasteiger partial charge on any atom is 0.416 e. The zero-order chi connectivity index (χ0) is 25.8. The number of piperidine rings is 1. The average molecular weight is 497 g/mol. The number of nitrogens with one attached hydrogen (secondary N) is 2. The minimum absolute atomic E-state index is 0.00624. The van der Waals surface area contributed by atoms with Crippen molar-refractivity contribution in [3.63, 3.8) is 0 Å². The summed E-state index contributed by atoms with van der Waals surface area (Å²) in [6.45, 7) is 2.13. The highest BCUT2D eigenvalue weighted by Gasteiger charge is 2.33. The smallest absolute Gasteiger partial charge is 0.416 e. The number of benzene rings is 1. The Morgan fingerprint density at radius 3 is 2.57 bits per heavy atom. The molecule has 5 N–H and O–H groups in total. The molecule has 190 valence electrons. The number of hydrogen-bond donors (Lipinski definition) is 4. The van der Waals surface area contributed by atoms with Crippen LogP contribution >= 0.6 is 0 Å². The lowest BCUT2D eigenvalue weighted by Crippen LogP contribution is -2.49. The lowest BCUT2D eigenvalue weighted by Gasteiger charge is -2.29. The number of carbonyl (C=O) groups is 2. The van der Waals surface area contributed by atoms with E-state index >= 15 is 0 Å². The lowest BCUT2D eigenvalue weighted by atomic mass is 9.98. The van der Waals surface area contributed by atoms with E-state index in [1.54, 1.807) is 6.92 Å². The quantitative estimate of drug-likeness (QED) is 0.403. The molecule has 1 amide bonds. The number of nitrogens with zero attached hydrogens (tertiary/aromatic N) is 2. The Bertz CT molecular complexity index is 1090. The molecule has 35 heavy (non-hydrogen) atoms. The first-order chi connectivity index (χ1) is 16.5. The number of aromatic nitrogens is 2. The Morgan fingerprint density at radius 1 is 1.26 bits per heavy atom. The van der Waals surface area contributed by atoms with Crippen LogP contribution in [0.1, 0.15) is 41.3 Å². The van der Waals surface area contributed by atoms with Crippen LogP contribution in [0.25, 0.3) is 11.3 Å². The van der Waals surface area contributed by atoms with Gasteiger partial charge in [-0.3, -0.25) is 9.59 Å². The molecule has 0 saturated carbocycles. The van der Waals surface area contributed by atoms with Crippen molar-refractivity contribution in [1.82, 2.24) is 15.5 Å². The van der Waals surface area contributed by atoms with E-state index in [9.17, 15) is 27.9 Å². The zero-order valence-electron chi connectivity index (χ0n) is 19.1. The van der Waals surface area contributed by atoms with Crippen molar-refractivity contribution in [2.24, 2.45) is 5.73 Å². The molecule has 10 nitrogen and oxygen atoms in total. The van der Waals surface area contributed by atoms with E-state index in [0.717, 1.165) is 6.07 Å². The minimum atomic E-state index is -4.68. The average Bonchev–Trinajstić information content (AvgIpc) is 2.79. The molecule has 0 radical (unpaired) electrons. The molecular weight excluding hydrogens is 471 g/mol. The molecule has 2 heterocycles. The van der Waals surface area contributed by atoms with Crippen LogP contribution in [-0.2, 0) is 27.1 Å². The molecule has 0 bridgehead atoms. The van der Waals surface area contributed by atoms with Gasteiger partial charge in [-0.1, -0.05) is 0 Å². The van der Waals surface area contributed by atoms with E-state index in [1.165, 1.54) is 13.2 Å². The predicted octanol–water partition coefficient (Wildman–Crippen LogP) is 2.21. The van der Waals surface area contributed by atoms with E-state index in [2.05, 4.69) is 20.8 Å². The number of methoxy groups -OCH3 is 1. The first-order valence-electron chi connectivity index (χ1n) is 10.8. The van der Waals surface area contributed by atoms with E-state index in [0.29, 0.717) is 25.5 Å². The van der Waals surface area contributed by atoms with Gasteiger partial charge in [-0.15, -0.1) is 10.2 Å². The predicted molar refractivity (Wildman–Crippen MR) is 118 cm³/mol. The number of halogens is 3. The summed E-state index contributed by atoms with van der Waals surface area (Å²) in [4.78, 5) is 24.0. The third kappa shape index (κ3) is 6.17. The van der Waals surface area contributed by atoms with E-state index in [4.69, 9.17) is 15.2 Å². The summed E-state index contributed by atoms with van der Waals surface area (Å²) in [5.74, 6) is -1.81. The standard InChI is InChI=1S/C22H26F3N5O5/c1-3-35-21(33)15-5-4-13(9-27-15)28-20-14(19(26)32)8-16(29-30-20)18-11(10-34-2)6-12(7-17(18)31)22(23,24)25/h6-8,13,15,27,31H,3-5,9-10H2,1-2H3,(H2,26,32)(H,28,30)/t13-,15+/m1/s1. The third-order valence-electron chi connectivity index (χ3n) is 5.47. The third-order valence-corrected chi connectivity index (χ3v) is 5.47. The maximum atomic E-state index is 13.2. The van der Waals surface area contributed by atoms with E-state index < -0.39 is 29.4 Å². The van der Waals surface area contributed by atoms with Gasteiger partial charge < -0.3 is 30.9 Å². The van der Waals surface area contributed by atoms with Crippen LogP contribution in [0.5, 0.6) is 5.75 Å². The van der Waals surface area contributed by atoms with Crippen LogP contribution in [0.3, 0.4) is 0 Å². The second kappa shape index (κ2) is 10.9. The van der Waals surface area contributed by atoms with Crippen LogP contribution < -0.4 is 16.4 Å². The fourth-order valence-electron chi connectivity index (χ4n) is 3.84. The normalized spacial score (nSPS) is 18.2. The molecule has 1 fully saturated rings. The molecule has 1 saturated heterocycles. The number of anilines is 1. The fourth-order valence-corrected chi connectivity index (χ4v) is 3.84. The molecule has 0 unspecified atom stereocenters. The van der Waals surface area contributed by atoms with Gasteiger partial charge in [0.15, 0.2) is 5.82 Å². The molecule has 2 atom stereocenters. The van der Waals surface area contributed by atoms with Crippen LogP contribution in [0.2, 0.25) is 0 Å². The summed E-state index contributed by atoms with van der Waals surface area (Å²) in [6, 6.07) is 2.02. The highest BCUT2D eigenvalue weighted by Crippen LogP contribution is 2.39. The van der Waals surface area contributed by atoms with Gasteiger partial charge in [-0.05, 0) is 43.5 Å². The van der Waals surface area contributed by atoms with Gasteiger partial charge in [0.2, 0.25) is 0 Å². The fraction of sp³-hybridized carbons (Fsp3) is 0.455. The summed E-state index contributed by atoms with van der Waals surface area (Å²) in [5.41, 5.74) is 4.30. The second-order valence-corrected chi connectivity index (χ2v) is 7.95. The molecule has 0 aliphatic carbocycles. The zero-order valence-corrected chi connectivity index (χ0v) is 19.1. The summed E-state index contributed by atoms with van der Waals surface area (Å²) in [6.07, 6.45) is -3.62. The van der Waals surface area contributed by atoms with Gasteiger partial charge in [0.1, 0.15) is 11.8 Å². The van der Waals surface area contributed by atoms with Gasteiger partial charge in [0.05, 0.1) is 30.0 Å². The summed E-state index contributed by atoms with van der Waals surface area (Å²) >= 11 is 0. The number of primary amides is 1. The van der Waals surface area contributed by atoms with Crippen molar-refractivity contribution in [2.75, 3.05) is 25.6 Å². The largest absolute Gasteiger partial charge is 0.507 e.